The molecule has 110 valence electrons. The fourth-order valence-corrected chi connectivity index (χ4v) is 1.82. The second kappa shape index (κ2) is 7.66. The van der Waals surface area contributed by atoms with Gasteiger partial charge in [0.2, 0.25) is 0 Å². The zero-order valence-electron chi connectivity index (χ0n) is 10.8. The Morgan fingerprint density at radius 3 is 2.85 bits per heavy atom. The van der Waals surface area contributed by atoms with Gasteiger partial charge in [-0.15, -0.1) is 0 Å². The molecule has 0 bridgehead atoms. The minimum absolute atomic E-state index is 0.129. The summed E-state index contributed by atoms with van der Waals surface area (Å²) in [5.41, 5.74) is -0.125. The van der Waals surface area contributed by atoms with Crippen LogP contribution in [0.1, 0.15) is 12.8 Å². The Bertz CT molecular complexity index is 495. The fraction of sp³-hybridized carbons (Fsp3) is 0.417. The van der Waals surface area contributed by atoms with Gasteiger partial charge in [-0.1, -0.05) is 11.6 Å². The number of nitro groups is 1. The smallest absolute Gasteiger partial charge is 0.326 e. The maximum atomic E-state index is 11.1. The first-order valence-electron chi connectivity index (χ1n) is 5.88. The van der Waals surface area contributed by atoms with Crippen LogP contribution in [0, 0.1) is 10.1 Å². The summed E-state index contributed by atoms with van der Waals surface area (Å²) in [6.45, 7) is 0.425. The summed E-state index contributed by atoms with van der Waals surface area (Å²) in [7, 11) is 1.52. The van der Waals surface area contributed by atoms with E-state index in [1.165, 1.54) is 25.3 Å². The van der Waals surface area contributed by atoms with Crippen molar-refractivity contribution in [3.8, 4) is 0 Å². The van der Waals surface area contributed by atoms with Crippen LogP contribution < -0.4 is 5.32 Å². The Balaban J connectivity index is 2.87. The lowest BCUT2D eigenvalue weighted by atomic mass is 10.1. The van der Waals surface area contributed by atoms with Crippen LogP contribution >= 0.6 is 11.6 Å². The van der Waals surface area contributed by atoms with Gasteiger partial charge < -0.3 is 15.2 Å². The molecule has 0 fully saturated rings. The van der Waals surface area contributed by atoms with Crippen molar-refractivity contribution in [2.75, 3.05) is 19.0 Å². The summed E-state index contributed by atoms with van der Waals surface area (Å²) in [6, 6.07) is 3.11. The van der Waals surface area contributed by atoms with Crippen molar-refractivity contribution in [3.63, 3.8) is 0 Å². The highest BCUT2D eigenvalue weighted by molar-refractivity contribution is 6.30. The van der Waals surface area contributed by atoms with Crippen molar-refractivity contribution >= 4 is 28.9 Å². The minimum Gasteiger partial charge on any atom is -0.480 e. The van der Waals surface area contributed by atoms with Gasteiger partial charge in [0.15, 0.2) is 0 Å². The molecule has 0 aliphatic rings. The standard InChI is InChI=1S/C12H15ClN2O5/c1-20-6-2-3-10(12(16)17)14-9-5-4-8(13)7-11(9)15(18)19/h4-5,7,10,14H,2-3,6H2,1H3,(H,16,17). The van der Waals surface area contributed by atoms with E-state index >= 15 is 0 Å². The quantitative estimate of drug-likeness (QED) is 0.434. The monoisotopic (exact) mass is 302 g/mol. The molecule has 0 amide bonds. The Kier molecular flexibility index (Phi) is 6.20. The van der Waals surface area contributed by atoms with Crippen molar-refractivity contribution in [1.82, 2.24) is 0 Å². The van der Waals surface area contributed by atoms with E-state index < -0.39 is 16.9 Å². The lowest BCUT2D eigenvalue weighted by Crippen LogP contribution is -2.29. The number of benzene rings is 1. The van der Waals surface area contributed by atoms with Crippen LogP contribution in [0.2, 0.25) is 5.02 Å². The normalized spacial score (nSPS) is 11.9. The number of carbonyl (C=O) groups is 1. The summed E-state index contributed by atoms with van der Waals surface area (Å²) in [5, 5.41) is 22.9. The molecule has 0 spiro atoms. The number of anilines is 1. The maximum Gasteiger partial charge on any atom is 0.326 e. The number of nitrogens with zero attached hydrogens (tertiary/aromatic N) is 1. The first-order valence-corrected chi connectivity index (χ1v) is 6.25. The van der Waals surface area contributed by atoms with Crippen LogP contribution in [0.5, 0.6) is 0 Å². The molecule has 0 radical (unpaired) electrons. The zero-order valence-corrected chi connectivity index (χ0v) is 11.6. The van der Waals surface area contributed by atoms with E-state index in [0.717, 1.165) is 0 Å². The van der Waals surface area contributed by atoms with Gasteiger partial charge in [0.1, 0.15) is 11.7 Å². The predicted octanol–water partition coefficient (Wildman–Crippen LogP) is 2.54. The van der Waals surface area contributed by atoms with E-state index in [9.17, 15) is 14.9 Å². The van der Waals surface area contributed by atoms with Crippen LogP contribution in [0.25, 0.3) is 0 Å². The van der Waals surface area contributed by atoms with Crippen molar-refractivity contribution in [3.05, 3.63) is 33.3 Å². The number of rotatable bonds is 8. The van der Waals surface area contributed by atoms with Gasteiger partial charge >= 0.3 is 5.97 Å². The summed E-state index contributed by atoms with van der Waals surface area (Å²) in [4.78, 5) is 21.5. The molecule has 0 aliphatic heterocycles. The third-order valence-corrected chi connectivity index (χ3v) is 2.86. The van der Waals surface area contributed by atoms with E-state index in [2.05, 4.69) is 5.32 Å². The van der Waals surface area contributed by atoms with Crippen molar-refractivity contribution in [2.24, 2.45) is 0 Å². The molecule has 7 nitrogen and oxygen atoms in total. The van der Waals surface area contributed by atoms with Gasteiger partial charge in [0.05, 0.1) is 4.92 Å². The molecule has 1 rings (SSSR count). The number of carboxylic acids is 1. The first-order chi connectivity index (χ1) is 9.45. The number of aliphatic carboxylic acids is 1. The SMILES string of the molecule is COCCCC(Nc1ccc(Cl)cc1[N+](=O)[O-])C(=O)O. The molecule has 1 aromatic carbocycles. The average molecular weight is 303 g/mol. The molecular formula is C12H15ClN2O5. The van der Waals surface area contributed by atoms with Gasteiger partial charge in [-0.3, -0.25) is 10.1 Å². The number of halogens is 1. The number of hydrogen-bond donors (Lipinski definition) is 2. The van der Waals surface area contributed by atoms with Crippen LogP contribution in [-0.2, 0) is 9.53 Å². The topological polar surface area (TPSA) is 102 Å². The number of ether oxygens (including phenoxy) is 1. The minimum atomic E-state index is -1.08. The summed E-state index contributed by atoms with van der Waals surface area (Å²) in [6.07, 6.45) is 0.824. The number of hydrogen-bond acceptors (Lipinski definition) is 5. The Labute approximate surface area is 120 Å². The number of nitro benzene ring substituents is 1. The predicted molar refractivity (Wildman–Crippen MR) is 74.3 cm³/mol. The summed E-state index contributed by atoms with van der Waals surface area (Å²) in [5.74, 6) is -1.08. The number of carboxylic acid groups (broad SMARTS) is 1. The zero-order chi connectivity index (χ0) is 15.1. The van der Waals surface area contributed by atoms with Crippen LogP contribution in [-0.4, -0.2) is 35.8 Å². The number of nitrogens with one attached hydrogen (secondary N) is 1. The fourth-order valence-electron chi connectivity index (χ4n) is 1.65. The number of methoxy groups -OCH3 is 1. The summed E-state index contributed by atoms with van der Waals surface area (Å²) < 4.78 is 4.85. The van der Waals surface area contributed by atoms with E-state index in [0.29, 0.717) is 19.4 Å². The van der Waals surface area contributed by atoms with Crippen molar-refractivity contribution in [1.29, 1.82) is 0 Å². The largest absolute Gasteiger partial charge is 0.480 e. The highest BCUT2D eigenvalue weighted by Gasteiger charge is 2.22. The molecule has 0 saturated carbocycles. The van der Waals surface area contributed by atoms with Gasteiger partial charge in [0, 0.05) is 24.8 Å². The van der Waals surface area contributed by atoms with Gasteiger partial charge in [-0.25, -0.2) is 4.79 Å². The molecule has 0 aliphatic carbocycles. The molecule has 1 aromatic rings. The third kappa shape index (κ3) is 4.67. The average Bonchev–Trinajstić information content (AvgIpc) is 2.39. The molecule has 20 heavy (non-hydrogen) atoms. The Morgan fingerprint density at radius 1 is 1.60 bits per heavy atom. The van der Waals surface area contributed by atoms with E-state index in [1.807, 2.05) is 0 Å². The Hall–Kier alpha value is -1.86. The second-order valence-corrected chi connectivity index (χ2v) is 4.53. The molecule has 1 unspecified atom stereocenters. The van der Waals surface area contributed by atoms with Gasteiger partial charge in [0.25, 0.3) is 5.69 Å². The second-order valence-electron chi connectivity index (χ2n) is 4.09. The van der Waals surface area contributed by atoms with Crippen LogP contribution in [0.15, 0.2) is 18.2 Å². The van der Waals surface area contributed by atoms with Crippen LogP contribution in [0.4, 0.5) is 11.4 Å². The summed E-state index contributed by atoms with van der Waals surface area (Å²) >= 11 is 5.70. The third-order valence-electron chi connectivity index (χ3n) is 2.63. The molecular weight excluding hydrogens is 288 g/mol. The molecule has 8 heteroatoms. The van der Waals surface area contributed by atoms with Crippen LogP contribution in [0.3, 0.4) is 0 Å². The highest BCUT2D eigenvalue weighted by atomic mass is 35.5. The lowest BCUT2D eigenvalue weighted by Gasteiger charge is -2.15. The Morgan fingerprint density at radius 2 is 2.30 bits per heavy atom. The van der Waals surface area contributed by atoms with Crippen molar-refractivity contribution in [2.45, 2.75) is 18.9 Å². The molecule has 2 N–H and O–H groups in total. The molecule has 0 heterocycles. The maximum absolute atomic E-state index is 11.1. The lowest BCUT2D eigenvalue weighted by molar-refractivity contribution is -0.384. The van der Waals surface area contributed by atoms with Gasteiger partial charge in [-0.2, -0.15) is 0 Å². The van der Waals surface area contributed by atoms with E-state index in [-0.39, 0.29) is 16.4 Å². The molecule has 0 saturated heterocycles. The van der Waals surface area contributed by atoms with E-state index in [1.54, 1.807) is 0 Å². The molecule has 0 aromatic heterocycles. The first kappa shape index (κ1) is 16.2. The van der Waals surface area contributed by atoms with E-state index in [4.69, 9.17) is 21.4 Å². The molecule has 1 atom stereocenters. The highest BCUT2D eigenvalue weighted by Crippen LogP contribution is 2.28. The van der Waals surface area contributed by atoms with Crippen molar-refractivity contribution < 1.29 is 19.6 Å². The van der Waals surface area contributed by atoms with Gasteiger partial charge in [-0.05, 0) is 25.0 Å².